The highest BCUT2D eigenvalue weighted by Crippen LogP contribution is 2.29. The van der Waals surface area contributed by atoms with Gasteiger partial charge in [0, 0.05) is 69.7 Å². The Balaban J connectivity index is 1.39. The van der Waals surface area contributed by atoms with Gasteiger partial charge in [0.15, 0.2) is 5.82 Å². The van der Waals surface area contributed by atoms with E-state index in [0.717, 1.165) is 77.1 Å². The van der Waals surface area contributed by atoms with Gasteiger partial charge in [-0.1, -0.05) is 26.0 Å². The van der Waals surface area contributed by atoms with Gasteiger partial charge in [0.2, 0.25) is 0 Å². The molecule has 0 radical (unpaired) electrons. The maximum Gasteiger partial charge on any atom is 0.263 e. The third kappa shape index (κ3) is 5.42. The van der Waals surface area contributed by atoms with Gasteiger partial charge in [0.1, 0.15) is 0 Å². The lowest BCUT2D eigenvalue weighted by Gasteiger charge is -2.37. The van der Waals surface area contributed by atoms with Crippen LogP contribution in [0, 0.1) is 0 Å². The first-order valence-corrected chi connectivity index (χ1v) is 11.3. The van der Waals surface area contributed by atoms with Gasteiger partial charge < -0.3 is 9.64 Å². The van der Waals surface area contributed by atoms with Crippen LogP contribution in [0.15, 0.2) is 30.5 Å². The molecule has 0 aliphatic carbocycles. The average Bonchev–Trinajstić information content (AvgIpc) is 3.25. The van der Waals surface area contributed by atoms with E-state index in [1.165, 1.54) is 17.7 Å². The molecule has 0 bridgehead atoms. The first-order valence-electron chi connectivity index (χ1n) is 11.3. The van der Waals surface area contributed by atoms with E-state index in [-0.39, 0.29) is 5.56 Å². The van der Waals surface area contributed by atoms with Crippen molar-refractivity contribution in [3.05, 3.63) is 41.6 Å². The van der Waals surface area contributed by atoms with Crippen LogP contribution >= 0.6 is 0 Å². The Hall–Kier alpha value is -2.03. The summed E-state index contributed by atoms with van der Waals surface area (Å²) in [5.74, 6) is 1.35. The molecule has 4 rings (SSSR count). The minimum Gasteiger partial charge on any atom is -0.379 e. The number of anilines is 1. The van der Waals surface area contributed by atoms with Crippen LogP contribution in [-0.4, -0.2) is 85.2 Å². The fourth-order valence-electron chi connectivity index (χ4n) is 4.23. The summed E-state index contributed by atoms with van der Waals surface area (Å²) in [5, 5.41) is 4.86. The molecule has 2 saturated heterocycles. The fraction of sp³-hybridized carbons (Fsp3) is 0.609. The third-order valence-electron chi connectivity index (χ3n) is 6.26. The Labute approximate surface area is 183 Å². The quantitative estimate of drug-likeness (QED) is 0.669. The standard InChI is InChI=1S/C23H33F2N5O/c1-18(2)21-17-30(20-5-3-19(4-6-20)22(24)25)26-23(21)29-11-9-27(10-12-29)7-8-28-13-15-31-16-14-28/h3-6,17-18,22H,7-16H2,1-2H3. The topological polar surface area (TPSA) is 36.8 Å². The number of ether oxygens (including phenoxy) is 1. The Bertz CT molecular complexity index is 825. The molecule has 1 aromatic carbocycles. The molecule has 8 heteroatoms. The van der Waals surface area contributed by atoms with Crippen LogP contribution in [0.4, 0.5) is 14.6 Å². The molecule has 31 heavy (non-hydrogen) atoms. The van der Waals surface area contributed by atoms with E-state index < -0.39 is 6.43 Å². The summed E-state index contributed by atoms with van der Waals surface area (Å²) in [4.78, 5) is 7.37. The summed E-state index contributed by atoms with van der Waals surface area (Å²) in [6.07, 6.45) is -0.407. The monoisotopic (exact) mass is 433 g/mol. The van der Waals surface area contributed by atoms with Crippen molar-refractivity contribution in [2.75, 3.05) is 70.5 Å². The number of halogens is 2. The predicted octanol–water partition coefficient (Wildman–Crippen LogP) is 3.39. The number of benzene rings is 1. The molecule has 2 aliphatic heterocycles. The fourth-order valence-corrected chi connectivity index (χ4v) is 4.23. The van der Waals surface area contributed by atoms with E-state index >= 15 is 0 Å². The van der Waals surface area contributed by atoms with Crippen LogP contribution in [0.1, 0.15) is 37.3 Å². The second-order valence-corrected chi connectivity index (χ2v) is 8.68. The molecule has 6 nitrogen and oxygen atoms in total. The van der Waals surface area contributed by atoms with Crippen molar-refractivity contribution in [1.82, 2.24) is 19.6 Å². The number of piperazine rings is 1. The van der Waals surface area contributed by atoms with E-state index in [1.54, 1.807) is 12.1 Å². The Morgan fingerprint density at radius 1 is 0.903 bits per heavy atom. The van der Waals surface area contributed by atoms with Crippen molar-refractivity contribution in [3.8, 4) is 5.69 Å². The normalized spacial score (nSPS) is 19.0. The molecule has 2 fully saturated rings. The molecule has 0 N–H and O–H groups in total. The number of morpholine rings is 1. The van der Waals surface area contributed by atoms with Crippen LogP contribution < -0.4 is 4.90 Å². The second-order valence-electron chi connectivity index (χ2n) is 8.68. The smallest absolute Gasteiger partial charge is 0.263 e. The van der Waals surface area contributed by atoms with Gasteiger partial charge in [-0.25, -0.2) is 13.5 Å². The van der Waals surface area contributed by atoms with Crippen LogP contribution in [0.5, 0.6) is 0 Å². The SMILES string of the molecule is CC(C)c1cn(-c2ccc(C(F)F)cc2)nc1N1CCN(CCN2CCOCC2)CC1. The first-order chi connectivity index (χ1) is 15.0. The van der Waals surface area contributed by atoms with Crippen molar-refractivity contribution >= 4 is 5.82 Å². The highest BCUT2D eigenvalue weighted by Gasteiger charge is 2.24. The molecule has 1 aromatic heterocycles. The minimum atomic E-state index is -2.45. The van der Waals surface area contributed by atoms with Crippen LogP contribution in [0.2, 0.25) is 0 Å². The molecule has 0 unspecified atom stereocenters. The molecule has 3 heterocycles. The summed E-state index contributed by atoms with van der Waals surface area (Å²) < 4.78 is 33.0. The van der Waals surface area contributed by atoms with Gasteiger partial charge in [-0.2, -0.15) is 0 Å². The lowest BCUT2D eigenvalue weighted by molar-refractivity contribution is 0.0331. The molecular weight excluding hydrogens is 400 g/mol. The van der Waals surface area contributed by atoms with E-state index in [0.29, 0.717) is 5.92 Å². The van der Waals surface area contributed by atoms with Gasteiger partial charge in [0.05, 0.1) is 18.9 Å². The van der Waals surface area contributed by atoms with Crippen molar-refractivity contribution in [2.24, 2.45) is 0 Å². The summed E-state index contributed by atoms with van der Waals surface area (Å²) in [7, 11) is 0. The number of aromatic nitrogens is 2. The molecule has 0 amide bonds. The number of alkyl halides is 2. The second kappa shape index (κ2) is 10.1. The lowest BCUT2D eigenvalue weighted by Crippen LogP contribution is -2.49. The maximum absolute atomic E-state index is 12.9. The number of hydrogen-bond acceptors (Lipinski definition) is 5. The van der Waals surface area contributed by atoms with E-state index in [1.807, 2.05) is 10.9 Å². The van der Waals surface area contributed by atoms with Gasteiger partial charge in [0.25, 0.3) is 6.43 Å². The van der Waals surface area contributed by atoms with Crippen LogP contribution in [-0.2, 0) is 4.74 Å². The maximum atomic E-state index is 12.9. The van der Waals surface area contributed by atoms with Crippen molar-refractivity contribution < 1.29 is 13.5 Å². The van der Waals surface area contributed by atoms with Gasteiger partial charge in [-0.15, -0.1) is 5.10 Å². The number of hydrogen-bond donors (Lipinski definition) is 0. The van der Waals surface area contributed by atoms with Crippen molar-refractivity contribution in [1.29, 1.82) is 0 Å². The van der Waals surface area contributed by atoms with E-state index in [2.05, 4.69) is 28.5 Å². The minimum absolute atomic E-state index is 0.0356. The van der Waals surface area contributed by atoms with Gasteiger partial charge >= 0.3 is 0 Å². The van der Waals surface area contributed by atoms with E-state index in [9.17, 15) is 8.78 Å². The molecule has 170 valence electrons. The first kappa shape index (κ1) is 22.2. The van der Waals surface area contributed by atoms with Crippen molar-refractivity contribution in [3.63, 3.8) is 0 Å². The molecule has 0 spiro atoms. The van der Waals surface area contributed by atoms with E-state index in [4.69, 9.17) is 9.84 Å². The summed E-state index contributed by atoms with van der Waals surface area (Å²) in [5.41, 5.74) is 2.04. The summed E-state index contributed by atoms with van der Waals surface area (Å²) in [6.45, 7) is 14.2. The molecule has 0 saturated carbocycles. The summed E-state index contributed by atoms with van der Waals surface area (Å²) >= 11 is 0. The third-order valence-corrected chi connectivity index (χ3v) is 6.26. The lowest BCUT2D eigenvalue weighted by atomic mass is 10.1. The molecule has 2 aliphatic rings. The summed E-state index contributed by atoms with van der Waals surface area (Å²) in [6, 6.07) is 6.38. The Kier molecular flexibility index (Phi) is 7.20. The predicted molar refractivity (Wildman–Crippen MR) is 119 cm³/mol. The largest absolute Gasteiger partial charge is 0.379 e. The molecular formula is C23H33F2N5O. The Morgan fingerprint density at radius 2 is 1.52 bits per heavy atom. The zero-order chi connectivity index (χ0) is 21.8. The highest BCUT2D eigenvalue weighted by atomic mass is 19.3. The molecule has 2 aromatic rings. The zero-order valence-corrected chi connectivity index (χ0v) is 18.5. The van der Waals surface area contributed by atoms with Crippen LogP contribution in [0.25, 0.3) is 5.69 Å². The molecule has 0 atom stereocenters. The highest BCUT2D eigenvalue weighted by molar-refractivity contribution is 5.50. The zero-order valence-electron chi connectivity index (χ0n) is 18.5. The average molecular weight is 434 g/mol. The van der Waals surface area contributed by atoms with Gasteiger partial charge in [-0.3, -0.25) is 9.80 Å². The van der Waals surface area contributed by atoms with Crippen molar-refractivity contribution in [2.45, 2.75) is 26.2 Å². The number of rotatable bonds is 7. The van der Waals surface area contributed by atoms with Gasteiger partial charge in [-0.05, 0) is 18.1 Å². The Morgan fingerprint density at radius 3 is 2.10 bits per heavy atom. The number of nitrogens with zero attached hydrogens (tertiary/aromatic N) is 5. The van der Waals surface area contributed by atoms with Crippen LogP contribution in [0.3, 0.4) is 0 Å².